The summed E-state index contributed by atoms with van der Waals surface area (Å²) in [6.45, 7) is 2.35. The van der Waals surface area contributed by atoms with Gasteiger partial charge < -0.3 is 10.2 Å². The third-order valence-electron chi connectivity index (χ3n) is 5.96. The van der Waals surface area contributed by atoms with Crippen LogP contribution in [-0.2, 0) is 11.2 Å². The number of hydrogen-bond donors (Lipinski definition) is 1. The summed E-state index contributed by atoms with van der Waals surface area (Å²) in [5.41, 5.74) is 3.49. The minimum atomic E-state index is 0.210. The maximum absolute atomic E-state index is 12.8. The second-order valence-corrected chi connectivity index (χ2v) is 10.3. The van der Waals surface area contributed by atoms with E-state index in [-0.39, 0.29) is 5.91 Å². The van der Waals surface area contributed by atoms with Crippen molar-refractivity contribution in [3.63, 3.8) is 0 Å². The van der Waals surface area contributed by atoms with Gasteiger partial charge in [0.15, 0.2) is 5.65 Å². The summed E-state index contributed by atoms with van der Waals surface area (Å²) < 4.78 is 2.62. The molecule has 1 aromatic carbocycles. The van der Waals surface area contributed by atoms with Gasteiger partial charge in [0.1, 0.15) is 5.82 Å². The van der Waals surface area contributed by atoms with E-state index in [0.717, 1.165) is 65.2 Å². The number of fused-ring (bicyclic) bond motifs is 1. The van der Waals surface area contributed by atoms with Crippen LogP contribution in [0.3, 0.4) is 0 Å². The smallest absolute Gasteiger partial charge is 0.227 e. The lowest BCUT2D eigenvalue weighted by molar-refractivity contribution is -0.132. The minimum Gasteiger partial charge on any atom is -0.370 e. The third kappa shape index (κ3) is 4.93. The maximum Gasteiger partial charge on any atom is 0.227 e. The van der Waals surface area contributed by atoms with Gasteiger partial charge in [0.2, 0.25) is 5.91 Å². The number of nitrogens with zero attached hydrogens (tertiary/aromatic N) is 4. The summed E-state index contributed by atoms with van der Waals surface area (Å²) in [6, 6.07) is 11.7. The summed E-state index contributed by atoms with van der Waals surface area (Å²) in [5, 5.41) is 12.8. The number of anilines is 1. The second-order valence-electron chi connectivity index (χ2n) is 8.27. The molecule has 1 fully saturated rings. The van der Waals surface area contributed by atoms with Gasteiger partial charge in [-0.25, -0.2) is 4.98 Å². The SMILES string of the molecule is O=C(Cc1ccsc1)N1CCCC(CNc2cc(-c3ccccc3Cl)nc3c(Br)cnn23)C1. The molecule has 0 bridgehead atoms. The number of halogens is 2. The van der Waals surface area contributed by atoms with E-state index in [4.69, 9.17) is 16.6 Å². The first-order valence-electron chi connectivity index (χ1n) is 10.9. The molecule has 1 atom stereocenters. The molecule has 1 N–H and O–H groups in total. The van der Waals surface area contributed by atoms with E-state index in [1.807, 2.05) is 52.1 Å². The van der Waals surface area contributed by atoms with Crippen LogP contribution < -0.4 is 5.32 Å². The monoisotopic (exact) mass is 543 g/mol. The van der Waals surface area contributed by atoms with Gasteiger partial charge in [0.25, 0.3) is 0 Å². The number of thiophene rings is 1. The lowest BCUT2D eigenvalue weighted by Crippen LogP contribution is -2.42. The number of hydrogen-bond acceptors (Lipinski definition) is 5. The van der Waals surface area contributed by atoms with E-state index in [9.17, 15) is 4.79 Å². The van der Waals surface area contributed by atoms with E-state index in [1.165, 1.54) is 0 Å². The molecule has 1 unspecified atom stereocenters. The second kappa shape index (κ2) is 9.83. The molecule has 4 heterocycles. The average Bonchev–Trinajstić information content (AvgIpc) is 3.48. The van der Waals surface area contributed by atoms with Gasteiger partial charge in [-0.05, 0) is 63.1 Å². The Balaban J connectivity index is 1.33. The molecular weight excluding hydrogens is 522 g/mol. The standard InChI is InChI=1S/C24H23BrClN5OS/c25-19-13-28-31-22(11-21(29-24(19)31)18-5-1-2-6-20(18)26)27-12-17-4-3-8-30(14-17)23(32)10-16-7-9-33-15-16/h1-2,5-7,9,11,13,15,17,27H,3-4,8,10,12,14H2. The van der Waals surface area contributed by atoms with Gasteiger partial charge in [-0.3, -0.25) is 4.79 Å². The molecule has 1 aliphatic heterocycles. The topological polar surface area (TPSA) is 62.5 Å². The van der Waals surface area contributed by atoms with Crippen LogP contribution in [0.5, 0.6) is 0 Å². The van der Waals surface area contributed by atoms with E-state index < -0.39 is 0 Å². The maximum atomic E-state index is 12.8. The highest BCUT2D eigenvalue weighted by atomic mass is 79.9. The van der Waals surface area contributed by atoms with Crippen LogP contribution in [0.25, 0.3) is 16.9 Å². The third-order valence-corrected chi connectivity index (χ3v) is 7.58. The van der Waals surface area contributed by atoms with Crippen molar-refractivity contribution in [1.29, 1.82) is 0 Å². The van der Waals surface area contributed by atoms with Crippen molar-refractivity contribution in [3.8, 4) is 11.3 Å². The fourth-order valence-electron chi connectivity index (χ4n) is 4.26. The van der Waals surface area contributed by atoms with E-state index in [1.54, 1.807) is 22.0 Å². The van der Waals surface area contributed by atoms with Crippen LogP contribution in [0.2, 0.25) is 5.02 Å². The van der Waals surface area contributed by atoms with Gasteiger partial charge >= 0.3 is 0 Å². The Hall–Kier alpha value is -2.42. The van der Waals surface area contributed by atoms with Crippen molar-refractivity contribution in [2.75, 3.05) is 25.0 Å². The normalized spacial score (nSPS) is 16.3. The first kappa shape index (κ1) is 22.4. The zero-order valence-corrected chi connectivity index (χ0v) is 21.0. The Bertz CT molecular complexity index is 1280. The van der Waals surface area contributed by atoms with Crippen LogP contribution >= 0.6 is 38.9 Å². The van der Waals surface area contributed by atoms with E-state index in [0.29, 0.717) is 17.4 Å². The molecule has 3 aromatic heterocycles. The molecule has 1 aliphatic rings. The van der Waals surface area contributed by atoms with Gasteiger partial charge in [0.05, 0.1) is 22.8 Å². The number of benzene rings is 1. The highest BCUT2D eigenvalue weighted by molar-refractivity contribution is 9.10. The predicted molar refractivity (Wildman–Crippen MR) is 137 cm³/mol. The van der Waals surface area contributed by atoms with Gasteiger partial charge in [0, 0.05) is 36.3 Å². The predicted octanol–water partition coefficient (Wildman–Crippen LogP) is 5.77. The Labute approximate surface area is 209 Å². The largest absolute Gasteiger partial charge is 0.370 e. The number of piperidine rings is 1. The lowest BCUT2D eigenvalue weighted by Gasteiger charge is -2.33. The zero-order chi connectivity index (χ0) is 22.8. The molecule has 0 saturated carbocycles. The molecule has 170 valence electrons. The number of carbonyl (C=O) groups excluding carboxylic acids is 1. The number of amides is 1. The van der Waals surface area contributed by atoms with Crippen molar-refractivity contribution in [1.82, 2.24) is 19.5 Å². The number of likely N-dealkylation sites (tertiary alicyclic amines) is 1. The Morgan fingerprint density at radius 3 is 3.00 bits per heavy atom. The minimum absolute atomic E-state index is 0.210. The Morgan fingerprint density at radius 1 is 1.30 bits per heavy atom. The first-order chi connectivity index (χ1) is 16.1. The van der Waals surface area contributed by atoms with Crippen molar-refractivity contribution < 1.29 is 4.79 Å². The molecule has 0 spiro atoms. The molecule has 0 aliphatic carbocycles. The summed E-state index contributed by atoms with van der Waals surface area (Å²) in [4.78, 5) is 19.5. The van der Waals surface area contributed by atoms with Crippen LogP contribution in [0.15, 0.2) is 57.8 Å². The van der Waals surface area contributed by atoms with Crippen molar-refractivity contribution >= 4 is 56.2 Å². The van der Waals surface area contributed by atoms with Crippen LogP contribution in [0.1, 0.15) is 18.4 Å². The summed E-state index contributed by atoms with van der Waals surface area (Å²) in [6.07, 6.45) is 4.34. The fourth-order valence-corrected chi connectivity index (χ4v) is 5.51. The van der Waals surface area contributed by atoms with Crippen molar-refractivity contribution in [2.24, 2.45) is 5.92 Å². The molecule has 0 radical (unpaired) electrons. The first-order valence-corrected chi connectivity index (χ1v) is 13.0. The number of aromatic nitrogens is 3. The number of carbonyl (C=O) groups is 1. The fraction of sp³-hybridized carbons (Fsp3) is 0.292. The van der Waals surface area contributed by atoms with Crippen LogP contribution in [0, 0.1) is 5.92 Å². The highest BCUT2D eigenvalue weighted by Crippen LogP contribution is 2.30. The molecule has 1 saturated heterocycles. The molecule has 5 rings (SSSR count). The van der Waals surface area contributed by atoms with Gasteiger partial charge in [-0.1, -0.05) is 29.8 Å². The van der Waals surface area contributed by atoms with Gasteiger partial charge in [-0.15, -0.1) is 0 Å². The zero-order valence-electron chi connectivity index (χ0n) is 17.9. The Morgan fingerprint density at radius 2 is 2.18 bits per heavy atom. The summed E-state index contributed by atoms with van der Waals surface area (Å²) in [5.74, 6) is 1.43. The van der Waals surface area contributed by atoms with Crippen LogP contribution in [0.4, 0.5) is 5.82 Å². The summed E-state index contributed by atoms with van der Waals surface area (Å²) >= 11 is 11.6. The lowest BCUT2D eigenvalue weighted by atomic mass is 9.97. The molecule has 4 aromatic rings. The van der Waals surface area contributed by atoms with E-state index >= 15 is 0 Å². The highest BCUT2D eigenvalue weighted by Gasteiger charge is 2.24. The molecule has 9 heteroatoms. The molecular formula is C24H23BrClN5OS. The average molecular weight is 545 g/mol. The number of rotatable bonds is 6. The van der Waals surface area contributed by atoms with Crippen molar-refractivity contribution in [2.45, 2.75) is 19.3 Å². The van der Waals surface area contributed by atoms with Crippen LogP contribution in [-0.4, -0.2) is 45.0 Å². The summed E-state index contributed by atoms with van der Waals surface area (Å²) in [7, 11) is 0. The van der Waals surface area contributed by atoms with Gasteiger partial charge in [-0.2, -0.15) is 21.0 Å². The van der Waals surface area contributed by atoms with E-state index in [2.05, 4.69) is 26.3 Å². The molecule has 1 amide bonds. The quantitative estimate of drug-likeness (QED) is 0.335. The number of nitrogens with one attached hydrogen (secondary N) is 1. The molecule has 33 heavy (non-hydrogen) atoms. The van der Waals surface area contributed by atoms with Crippen molar-refractivity contribution in [3.05, 3.63) is 68.4 Å². The Kier molecular flexibility index (Phi) is 6.66. The molecule has 6 nitrogen and oxygen atoms in total.